The Kier molecular flexibility index (Phi) is 6.55. The molecule has 0 unspecified atom stereocenters. The van der Waals surface area contributed by atoms with E-state index in [4.69, 9.17) is 4.74 Å². The van der Waals surface area contributed by atoms with Gasteiger partial charge in [0, 0.05) is 25.7 Å². The first-order chi connectivity index (χ1) is 16.0. The third-order valence-electron chi connectivity index (χ3n) is 5.67. The van der Waals surface area contributed by atoms with Crippen LogP contribution < -0.4 is 9.46 Å². The predicted octanol–water partition coefficient (Wildman–Crippen LogP) is 5.21. The summed E-state index contributed by atoms with van der Waals surface area (Å²) in [5.41, 5.74) is 2.06. The molecular formula is C24H22F4N2O3S. The first kappa shape index (κ1) is 24.0. The number of nitrogens with zero attached hydrogens (tertiary/aromatic N) is 1. The Hall–Kier alpha value is -3.11. The van der Waals surface area contributed by atoms with E-state index in [1.54, 1.807) is 12.1 Å². The van der Waals surface area contributed by atoms with E-state index in [-0.39, 0.29) is 16.3 Å². The van der Waals surface area contributed by atoms with Gasteiger partial charge in [-0.2, -0.15) is 13.2 Å². The first-order valence-corrected chi connectivity index (χ1v) is 11.9. The molecule has 0 saturated carbocycles. The van der Waals surface area contributed by atoms with Gasteiger partial charge in [-0.05, 0) is 59.5 Å². The highest BCUT2D eigenvalue weighted by Crippen LogP contribution is 2.31. The van der Waals surface area contributed by atoms with Crippen LogP contribution in [0.4, 0.5) is 23.2 Å². The topological polar surface area (TPSA) is 58.6 Å². The van der Waals surface area contributed by atoms with Gasteiger partial charge in [0.05, 0.1) is 23.3 Å². The van der Waals surface area contributed by atoms with Crippen LogP contribution >= 0.6 is 0 Å². The summed E-state index contributed by atoms with van der Waals surface area (Å²) in [7, 11) is -2.61. The molecule has 0 aliphatic carbocycles. The molecule has 180 valence electrons. The van der Waals surface area contributed by atoms with Gasteiger partial charge in [-0.3, -0.25) is 9.62 Å². The van der Waals surface area contributed by atoms with Gasteiger partial charge in [0.25, 0.3) is 10.0 Å². The Morgan fingerprint density at radius 1 is 1.00 bits per heavy atom. The number of halogens is 4. The van der Waals surface area contributed by atoms with Gasteiger partial charge in [-0.15, -0.1) is 0 Å². The Morgan fingerprint density at radius 2 is 1.74 bits per heavy atom. The van der Waals surface area contributed by atoms with Crippen LogP contribution in [-0.4, -0.2) is 27.0 Å². The van der Waals surface area contributed by atoms with Crippen molar-refractivity contribution in [3.8, 4) is 5.75 Å². The summed E-state index contributed by atoms with van der Waals surface area (Å²) in [5.74, 6) is -0.477. The second-order valence-electron chi connectivity index (χ2n) is 8.04. The van der Waals surface area contributed by atoms with Crippen molar-refractivity contribution in [1.82, 2.24) is 4.90 Å². The first-order valence-electron chi connectivity index (χ1n) is 10.4. The Labute approximate surface area is 195 Å². The van der Waals surface area contributed by atoms with Crippen LogP contribution in [0.1, 0.15) is 22.3 Å². The molecule has 0 spiro atoms. The van der Waals surface area contributed by atoms with Gasteiger partial charge >= 0.3 is 6.18 Å². The predicted molar refractivity (Wildman–Crippen MR) is 119 cm³/mol. The lowest BCUT2D eigenvalue weighted by Crippen LogP contribution is -2.30. The van der Waals surface area contributed by atoms with Gasteiger partial charge in [0.15, 0.2) is 0 Å². The molecule has 1 aliphatic rings. The van der Waals surface area contributed by atoms with E-state index >= 15 is 0 Å². The van der Waals surface area contributed by atoms with Gasteiger partial charge in [0.2, 0.25) is 0 Å². The summed E-state index contributed by atoms with van der Waals surface area (Å²) in [4.78, 5) is 2.18. The quantitative estimate of drug-likeness (QED) is 0.478. The molecule has 0 radical (unpaired) electrons. The van der Waals surface area contributed by atoms with E-state index in [1.165, 1.54) is 31.4 Å². The minimum atomic E-state index is -4.36. The molecule has 10 heteroatoms. The molecule has 4 rings (SSSR count). The minimum absolute atomic E-state index is 0.0699. The zero-order chi connectivity index (χ0) is 24.5. The molecule has 0 bridgehead atoms. The number of hydrogen-bond donors (Lipinski definition) is 1. The number of fused-ring (bicyclic) bond motifs is 1. The molecule has 5 nitrogen and oxygen atoms in total. The van der Waals surface area contributed by atoms with E-state index in [2.05, 4.69) is 9.62 Å². The van der Waals surface area contributed by atoms with Gasteiger partial charge in [0.1, 0.15) is 11.6 Å². The molecule has 1 aliphatic heterocycles. The maximum atomic E-state index is 13.4. The molecular weight excluding hydrogens is 472 g/mol. The van der Waals surface area contributed by atoms with E-state index in [0.29, 0.717) is 26.1 Å². The average Bonchev–Trinajstić information content (AvgIpc) is 2.79. The molecule has 0 fully saturated rings. The van der Waals surface area contributed by atoms with Crippen LogP contribution in [-0.2, 0) is 35.7 Å². The summed E-state index contributed by atoms with van der Waals surface area (Å²) >= 11 is 0. The fraction of sp³-hybridized carbons (Fsp3) is 0.250. The van der Waals surface area contributed by atoms with Gasteiger partial charge in [-0.25, -0.2) is 12.8 Å². The van der Waals surface area contributed by atoms with Crippen LogP contribution in [0.15, 0.2) is 65.6 Å². The molecule has 34 heavy (non-hydrogen) atoms. The lowest BCUT2D eigenvalue weighted by atomic mass is 9.99. The van der Waals surface area contributed by atoms with E-state index in [9.17, 15) is 26.0 Å². The summed E-state index contributed by atoms with van der Waals surface area (Å²) in [6.45, 7) is 1.68. The number of benzene rings is 3. The Bertz CT molecular complexity index is 1290. The molecule has 3 aromatic rings. The van der Waals surface area contributed by atoms with Gasteiger partial charge < -0.3 is 4.74 Å². The van der Waals surface area contributed by atoms with Crippen LogP contribution in [0.25, 0.3) is 0 Å². The van der Waals surface area contributed by atoms with Crippen molar-refractivity contribution in [3.05, 3.63) is 88.7 Å². The molecule has 0 atom stereocenters. The number of ether oxygens (including phenoxy) is 1. The lowest BCUT2D eigenvalue weighted by molar-refractivity contribution is -0.137. The summed E-state index contributed by atoms with van der Waals surface area (Å²) in [5, 5.41) is 0. The smallest absolute Gasteiger partial charge is 0.416 e. The molecule has 0 saturated heterocycles. The van der Waals surface area contributed by atoms with Crippen LogP contribution in [0, 0.1) is 5.82 Å². The highest BCUT2D eigenvalue weighted by atomic mass is 32.2. The number of methoxy groups -OCH3 is 1. The van der Waals surface area contributed by atoms with Crippen molar-refractivity contribution in [2.75, 3.05) is 18.4 Å². The van der Waals surface area contributed by atoms with Crippen molar-refractivity contribution in [2.45, 2.75) is 30.6 Å². The summed E-state index contributed by atoms with van der Waals surface area (Å²) in [6.07, 6.45) is -3.77. The second kappa shape index (κ2) is 9.27. The second-order valence-corrected chi connectivity index (χ2v) is 9.72. The van der Waals surface area contributed by atoms with Crippen molar-refractivity contribution in [3.63, 3.8) is 0 Å². The highest BCUT2D eigenvalue weighted by molar-refractivity contribution is 7.92. The third-order valence-corrected chi connectivity index (χ3v) is 7.04. The molecule has 1 N–H and O–H groups in total. The molecule has 0 aromatic heterocycles. The Balaban J connectivity index is 1.46. The molecule has 3 aromatic carbocycles. The van der Waals surface area contributed by atoms with E-state index < -0.39 is 27.6 Å². The maximum Gasteiger partial charge on any atom is 0.416 e. The largest absolute Gasteiger partial charge is 0.494 e. The highest BCUT2D eigenvalue weighted by Gasteiger charge is 2.30. The van der Waals surface area contributed by atoms with Crippen LogP contribution in [0.2, 0.25) is 0 Å². The SMILES string of the molecule is COc1cc(F)ccc1NS(=O)(=O)c1ccc2c(c1)CCN(Cc1ccc(C(F)(F)F)cc1)C2. The summed E-state index contributed by atoms with van der Waals surface area (Å²) in [6, 6.07) is 13.5. The van der Waals surface area contributed by atoms with Crippen molar-refractivity contribution >= 4 is 15.7 Å². The van der Waals surface area contributed by atoms with Gasteiger partial charge in [-0.1, -0.05) is 18.2 Å². The van der Waals surface area contributed by atoms with Crippen LogP contribution in [0.3, 0.4) is 0 Å². The monoisotopic (exact) mass is 494 g/mol. The van der Waals surface area contributed by atoms with Crippen LogP contribution in [0.5, 0.6) is 5.75 Å². The standard InChI is InChI=1S/C24H22F4N2O3S/c1-33-23-13-20(25)7-9-22(23)29-34(31,32)21-8-4-18-15-30(11-10-17(18)12-21)14-16-2-5-19(6-3-16)24(26,27)28/h2-9,12-13,29H,10-11,14-15H2,1H3. The number of rotatable bonds is 6. The van der Waals surface area contributed by atoms with Crippen molar-refractivity contribution < 1.29 is 30.7 Å². The number of hydrogen-bond acceptors (Lipinski definition) is 4. The van der Waals surface area contributed by atoms with E-state index in [1.807, 2.05) is 0 Å². The lowest BCUT2D eigenvalue weighted by Gasteiger charge is -2.29. The van der Waals surface area contributed by atoms with Crippen molar-refractivity contribution in [2.24, 2.45) is 0 Å². The number of anilines is 1. The zero-order valence-electron chi connectivity index (χ0n) is 18.2. The zero-order valence-corrected chi connectivity index (χ0v) is 19.0. The fourth-order valence-electron chi connectivity index (χ4n) is 3.90. The molecule has 0 amide bonds. The number of sulfonamides is 1. The average molecular weight is 495 g/mol. The van der Waals surface area contributed by atoms with Crippen molar-refractivity contribution in [1.29, 1.82) is 0 Å². The fourth-order valence-corrected chi connectivity index (χ4v) is 5.02. The molecule has 1 heterocycles. The Morgan fingerprint density at radius 3 is 2.41 bits per heavy atom. The van der Waals surface area contributed by atoms with E-state index in [0.717, 1.165) is 41.0 Å². The normalized spacial score (nSPS) is 14.5. The third kappa shape index (κ3) is 5.34. The summed E-state index contributed by atoms with van der Waals surface area (Å²) < 4.78 is 85.0. The minimum Gasteiger partial charge on any atom is -0.494 e. The number of nitrogens with one attached hydrogen (secondary N) is 1. The number of alkyl halides is 3. The maximum absolute atomic E-state index is 13.4.